The molecule has 2 heterocycles. The molecule has 8 nitrogen and oxygen atoms in total. The monoisotopic (exact) mass is 422 g/mol. The minimum atomic E-state index is -4.85. The van der Waals surface area contributed by atoms with E-state index in [2.05, 4.69) is 20.4 Å². The van der Waals surface area contributed by atoms with E-state index in [0.717, 1.165) is 17.0 Å². The van der Waals surface area contributed by atoms with E-state index in [1.165, 1.54) is 38.4 Å². The van der Waals surface area contributed by atoms with E-state index in [0.29, 0.717) is 5.56 Å². The van der Waals surface area contributed by atoms with Crippen LogP contribution in [-0.4, -0.2) is 41.8 Å². The zero-order valence-electron chi connectivity index (χ0n) is 15.9. The summed E-state index contributed by atoms with van der Waals surface area (Å²) < 4.78 is 40.7. The Hall–Kier alpha value is -3.63. The van der Waals surface area contributed by atoms with Crippen LogP contribution in [0.2, 0.25) is 0 Å². The van der Waals surface area contributed by atoms with Crippen molar-refractivity contribution in [1.29, 1.82) is 0 Å². The third-order valence-electron chi connectivity index (χ3n) is 4.43. The first kappa shape index (κ1) is 21.1. The van der Waals surface area contributed by atoms with Crippen molar-refractivity contribution in [2.75, 3.05) is 11.9 Å². The van der Waals surface area contributed by atoms with E-state index in [1.807, 2.05) is 0 Å². The Balaban J connectivity index is 1.81. The van der Waals surface area contributed by atoms with Gasteiger partial charge in [-0.2, -0.15) is 0 Å². The predicted octanol–water partition coefficient (Wildman–Crippen LogP) is 2.40. The lowest BCUT2D eigenvalue weighted by atomic mass is 9.93. The van der Waals surface area contributed by atoms with Gasteiger partial charge in [-0.1, -0.05) is 0 Å². The molecule has 1 aliphatic rings. The van der Waals surface area contributed by atoms with Crippen molar-refractivity contribution in [1.82, 2.24) is 15.6 Å². The number of alkyl halides is 3. The number of halogens is 3. The van der Waals surface area contributed by atoms with Crippen LogP contribution < -0.4 is 20.3 Å². The van der Waals surface area contributed by atoms with Crippen LogP contribution in [0.25, 0.3) is 0 Å². The van der Waals surface area contributed by atoms with E-state index >= 15 is 0 Å². The van der Waals surface area contributed by atoms with E-state index in [9.17, 15) is 27.6 Å². The van der Waals surface area contributed by atoms with Crippen LogP contribution in [0.5, 0.6) is 5.75 Å². The van der Waals surface area contributed by atoms with Crippen LogP contribution >= 0.6 is 0 Å². The SMILES string of the molecule is CNC(=O)c1cc(CC2(C)NC(=O)N(c3ccc(OC(F)(F)F)cc3)C2=O)ccn1. The van der Waals surface area contributed by atoms with Crippen LogP contribution in [0.15, 0.2) is 42.6 Å². The van der Waals surface area contributed by atoms with Gasteiger partial charge in [-0.3, -0.25) is 14.6 Å². The lowest BCUT2D eigenvalue weighted by Crippen LogP contribution is -2.46. The Labute approximate surface area is 169 Å². The molecule has 158 valence electrons. The molecular weight excluding hydrogens is 405 g/mol. The van der Waals surface area contributed by atoms with Crippen molar-refractivity contribution < 1.29 is 32.3 Å². The number of hydrogen-bond acceptors (Lipinski definition) is 5. The summed E-state index contributed by atoms with van der Waals surface area (Å²) in [4.78, 5) is 41.9. The normalized spacial score (nSPS) is 18.9. The maximum Gasteiger partial charge on any atom is 0.573 e. The topological polar surface area (TPSA) is 101 Å². The highest BCUT2D eigenvalue weighted by atomic mass is 19.4. The van der Waals surface area contributed by atoms with E-state index in [-0.39, 0.29) is 17.8 Å². The Bertz CT molecular complexity index is 994. The van der Waals surface area contributed by atoms with Gasteiger partial charge in [0.15, 0.2) is 0 Å². The number of nitrogens with zero attached hydrogens (tertiary/aromatic N) is 2. The van der Waals surface area contributed by atoms with Crippen molar-refractivity contribution in [2.45, 2.75) is 25.2 Å². The number of nitrogens with one attached hydrogen (secondary N) is 2. The summed E-state index contributed by atoms with van der Waals surface area (Å²) in [6.45, 7) is 1.52. The molecule has 0 spiro atoms. The summed E-state index contributed by atoms with van der Waals surface area (Å²) in [5.41, 5.74) is -0.473. The summed E-state index contributed by atoms with van der Waals surface area (Å²) in [6.07, 6.45) is -3.35. The predicted molar refractivity (Wildman–Crippen MR) is 98.9 cm³/mol. The highest BCUT2D eigenvalue weighted by molar-refractivity contribution is 6.23. The second-order valence-electron chi connectivity index (χ2n) is 6.75. The molecule has 0 bridgehead atoms. The van der Waals surface area contributed by atoms with Crippen LogP contribution in [0, 0.1) is 0 Å². The lowest BCUT2D eigenvalue weighted by Gasteiger charge is -2.22. The van der Waals surface area contributed by atoms with E-state index in [1.54, 1.807) is 6.07 Å². The fraction of sp³-hybridized carbons (Fsp3) is 0.263. The molecule has 0 saturated carbocycles. The van der Waals surface area contributed by atoms with Crippen molar-refractivity contribution in [3.63, 3.8) is 0 Å². The van der Waals surface area contributed by atoms with Crippen molar-refractivity contribution in [3.8, 4) is 5.75 Å². The van der Waals surface area contributed by atoms with Crippen LogP contribution in [0.4, 0.5) is 23.7 Å². The highest BCUT2D eigenvalue weighted by Crippen LogP contribution is 2.30. The lowest BCUT2D eigenvalue weighted by molar-refractivity contribution is -0.274. The maximum atomic E-state index is 13.0. The number of rotatable bonds is 5. The number of amides is 4. The number of benzene rings is 1. The molecule has 1 atom stereocenters. The smallest absolute Gasteiger partial charge is 0.406 e. The van der Waals surface area contributed by atoms with Crippen LogP contribution in [0.3, 0.4) is 0 Å². The molecule has 1 fully saturated rings. The number of ether oxygens (including phenoxy) is 1. The molecular formula is C19H17F3N4O4. The third-order valence-corrected chi connectivity index (χ3v) is 4.43. The molecule has 1 aromatic carbocycles. The quantitative estimate of drug-likeness (QED) is 0.721. The first-order valence-electron chi connectivity index (χ1n) is 8.72. The third kappa shape index (κ3) is 4.34. The molecule has 30 heavy (non-hydrogen) atoms. The van der Waals surface area contributed by atoms with Crippen molar-refractivity contribution in [2.24, 2.45) is 0 Å². The average Bonchev–Trinajstić information content (AvgIpc) is 2.89. The van der Waals surface area contributed by atoms with Gasteiger partial charge in [0.05, 0.1) is 5.69 Å². The summed E-state index contributed by atoms with van der Waals surface area (Å²) in [6, 6.07) is 6.79. The number of anilines is 1. The van der Waals surface area contributed by atoms with Gasteiger partial charge < -0.3 is 15.4 Å². The number of aromatic nitrogens is 1. The Morgan fingerprint density at radius 2 is 1.90 bits per heavy atom. The van der Waals surface area contributed by atoms with E-state index in [4.69, 9.17) is 0 Å². The van der Waals surface area contributed by atoms with Gasteiger partial charge in [0, 0.05) is 19.7 Å². The number of hydrogen-bond donors (Lipinski definition) is 2. The van der Waals surface area contributed by atoms with Gasteiger partial charge in [0.2, 0.25) is 0 Å². The largest absolute Gasteiger partial charge is 0.573 e. The first-order chi connectivity index (χ1) is 14.0. The van der Waals surface area contributed by atoms with Crippen molar-refractivity contribution >= 4 is 23.5 Å². The molecule has 1 aliphatic heterocycles. The molecule has 0 radical (unpaired) electrons. The molecule has 0 aliphatic carbocycles. The molecule has 3 rings (SSSR count). The van der Waals surface area contributed by atoms with Gasteiger partial charge in [-0.25, -0.2) is 9.69 Å². The minimum absolute atomic E-state index is 0.0792. The Kier molecular flexibility index (Phi) is 5.38. The zero-order valence-corrected chi connectivity index (χ0v) is 15.9. The van der Waals surface area contributed by atoms with Crippen LogP contribution in [0.1, 0.15) is 23.0 Å². The molecule has 1 aromatic heterocycles. The molecule has 1 saturated heterocycles. The fourth-order valence-electron chi connectivity index (χ4n) is 3.08. The second-order valence-corrected chi connectivity index (χ2v) is 6.75. The highest BCUT2D eigenvalue weighted by Gasteiger charge is 2.48. The Morgan fingerprint density at radius 3 is 2.50 bits per heavy atom. The standard InChI is InChI=1S/C19H17F3N4O4/c1-18(10-11-7-8-24-14(9-11)15(27)23-2)16(28)26(17(29)25-18)12-3-5-13(6-4-12)30-19(20,21)22/h3-9H,10H2,1-2H3,(H,23,27)(H,25,29). The summed E-state index contributed by atoms with van der Waals surface area (Å²) in [7, 11) is 1.46. The number of imide groups is 1. The molecule has 4 amide bonds. The second kappa shape index (κ2) is 7.65. The van der Waals surface area contributed by atoms with Crippen LogP contribution in [-0.2, 0) is 11.2 Å². The minimum Gasteiger partial charge on any atom is -0.406 e. The van der Waals surface area contributed by atoms with Gasteiger partial charge in [-0.15, -0.1) is 13.2 Å². The fourth-order valence-corrected chi connectivity index (χ4v) is 3.08. The van der Waals surface area contributed by atoms with Gasteiger partial charge in [-0.05, 0) is 48.9 Å². The number of carbonyl (C=O) groups excluding carboxylic acids is 3. The number of pyridine rings is 1. The van der Waals surface area contributed by atoms with Crippen molar-refractivity contribution in [3.05, 3.63) is 53.9 Å². The summed E-state index contributed by atoms with van der Waals surface area (Å²) >= 11 is 0. The maximum absolute atomic E-state index is 13.0. The molecule has 2 N–H and O–H groups in total. The number of urea groups is 1. The zero-order chi connectivity index (χ0) is 22.1. The van der Waals surface area contributed by atoms with Gasteiger partial charge in [0.1, 0.15) is 17.0 Å². The molecule has 2 aromatic rings. The molecule has 1 unspecified atom stereocenters. The molecule has 11 heteroatoms. The van der Waals surface area contributed by atoms with E-state index < -0.39 is 35.5 Å². The Morgan fingerprint density at radius 1 is 1.23 bits per heavy atom. The average molecular weight is 422 g/mol. The summed E-state index contributed by atoms with van der Waals surface area (Å²) in [5, 5.41) is 5.05. The first-order valence-corrected chi connectivity index (χ1v) is 8.72. The van der Waals surface area contributed by atoms with Gasteiger partial charge >= 0.3 is 12.4 Å². The number of carbonyl (C=O) groups is 3. The summed E-state index contributed by atoms with van der Waals surface area (Å²) in [5.74, 6) is -1.46. The van der Waals surface area contributed by atoms with Gasteiger partial charge in [0.25, 0.3) is 11.8 Å².